The molecule has 2 heterocycles. The number of hydrogen-bond donors (Lipinski definition) is 2. The van der Waals surface area contributed by atoms with Gasteiger partial charge in [-0.25, -0.2) is 9.78 Å². The first-order valence-corrected chi connectivity index (χ1v) is 8.50. The zero-order chi connectivity index (χ0) is 13.9. The molecule has 0 radical (unpaired) electrons. The summed E-state index contributed by atoms with van der Waals surface area (Å²) in [5.41, 5.74) is 2.30. The van der Waals surface area contributed by atoms with E-state index < -0.39 is 0 Å². The fourth-order valence-corrected chi connectivity index (χ4v) is 4.18. The maximum Gasteiger partial charge on any atom is 0.315 e. The van der Waals surface area contributed by atoms with E-state index in [1.807, 2.05) is 12.3 Å². The van der Waals surface area contributed by atoms with Gasteiger partial charge in [-0.3, -0.25) is 0 Å². The number of carbonyl (C=O) groups excluding carboxylic acids is 1. The van der Waals surface area contributed by atoms with E-state index in [0.29, 0.717) is 6.54 Å². The van der Waals surface area contributed by atoms with Gasteiger partial charge < -0.3 is 10.6 Å². The maximum atomic E-state index is 12.0. The Kier molecular flexibility index (Phi) is 4.03. The zero-order valence-electron chi connectivity index (χ0n) is 11.3. The van der Waals surface area contributed by atoms with Crippen molar-refractivity contribution in [2.75, 3.05) is 0 Å². The van der Waals surface area contributed by atoms with E-state index in [1.54, 1.807) is 22.7 Å². The number of aromatic nitrogens is 1. The molecule has 0 saturated heterocycles. The zero-order valence-corrected chi connectivity index (χ0v) is 12.9. The van der Waals surface area contributed by atoms with E-state index in [0.717, 1.165) is 30.0 Å². The number of amides is 2. The predicted octanol–water partition coefficient (Wildman–Crippen LogP) is 3.39. The molecule has 1 aliphatic rings. The second-order valence-electron chi connectivity index (χ2n) is 4.95. The van der Waals surface area contributed by atoms with Gasteiger partial charge in [0.2, 0.25) is 0 Å². The third kappa shape index (κ3) is 3.02. The molecule has 1 unspecified atom stereocenters. The molecular weight excluding hydrogens is 290 g/mol. The van der Waals surface area contributed by atoms with E-state index in [9.17, 15) is 4.79 Å². The Balaban J connectivity index is 1.55. The SMILES string of the molecule is Cc1csc(CNC(=O)NC2CCCc3sccc32)n1. The van der Waals surface area contributed by atoms with Crippen LogP contribution in [0.5, 0.6) is 0 Å². The fraction of sp³-hybridized carbons (Fsp3) is 0.429. The van der Waals surface area contributed by atoms with Crippen LogP contribution in [0.1, 0.15) is 40.0 Å². The molecule has 6 heteroatoms. The topological polar surface area (TPSA) is 54.0 Å². The Labute approximate surface area is 126 Å². The maximum absolute atomic E-state index is 12.0. The number of carbonyl (C=O) groups is 1. The monoisotopic (exact) mass is 307 g/mol. The number of aryl methyl sites for hydroxylation is 2. The van der Waals surface area contributed by atoms with Crippen molar-refractivity contribution < 1.29 is 4.79 Å². The summed E-state index contributed by atoms with van der Waals surface area (Å²) in [5, 5.41) is 11.0. The van der Waals surface area contributed by atoms with Crippen molar-refractivity contribution in [2.24, 2.45) is 0 Å². The molecule has 4 nitrogen and oxygen atoms in total. The molecule has 1 atom stereocenters. The van der Waals surface area contributed by atoms with Crippen molar-refractivity contribution in [1.82, 2.24) is 15.6 Å². The van der Waals surface area contributed by atoms with E-state index in [4.69, 9.17) is 0 Å². The summed E-state index contributed by atoms with van der Waals surface area (Å²) in [5.74, 6) is 0. The molecule has 0 aromatic carbocycles. The van der Waals surface area contributed by atoms with E-state index >= 15 is 0 Å². The number of rotatable bonds is 3. The highest BCUT2D eigenvalue weighted by Gasteiger charge is 2.22. The summed E-state index contributed by atoms with van der Waals surface area (Å²) in [6.07, 6.45) is 3.31. The summed E-state index contributed by atoms with van der Waals surface area (Å²) < 4.78 is 0. The van der Waals surface area contributed by atoms with Gasteiger partial charge in [0.15, 0.2) is 0 Å². The molecule has 20 heavy (non-hydrogen) atoms. The summed E-state index contributed by atoms with van der Waals surface area (Å²) in [6, 6.07) is 2.18. The van der Waals surface area contributed by atoms with Crippen molar-refractivity contribution in [3.05, 3.63) is 38.0 Å². The predicted molar refractivity (Wildman–Crippen MR) is 82.2 cm³/mol. The minimum Gasteiger partial charge on any atom is -0.332 e. The van der Waals surface area contributed by atoms with Crippen molar-refractivity contribution in [3.63, 3.8) is 0 Å². The summed E-state index contributed by atoms with van der Waals surface area (Å²) in [7, 11) is 0. The van der Waals surface area contributed by atoms with Crippen molar-refractivity contribution in [2.45, 2.75) is 38.8 Å². The summed E-state index contributed by atoms with van der Waals surface area (Å²) in [4.78, 5) is 17.7. The molecular formula is C14H17N3OS2. The van der Waals surface area contributed by atoms with Crippen LogP contribution < -0.4 is 10.6 Å². The molecule has 2 aromatic heterocycles. The largest absolute Gasteiger partial charge is 0.332 e. The second kappa shape index (κ2) is 5.93. The van der Waals surface area contributed by atoms with Gasteiger partial charge in [-0.05, 0) is 43.2 Å². The summed E-state index contributed by atoms with van der Waals surface area (Å²) in [6.45, 7) is 2.45. The number of urea groups is 1. The van der Waals surface area contributed by atoms with Gasteiger partial charge in [-0.2, -0.15) is 0 Å². The van der Waals surface area contributed by atoms with E-state index in [-0.39, 0.29) is 12.1 Å². The van der Waals surface area contributed by atoms with E-state index in [2.05, 4.69) is 27.1 Å². The molecule has 0 fully saturated rings. The molecule has 0 spiro atoms. The van der Waals surface area contributed by atoms with Crippen LogP contribution in [0.3, 0.4) is 0 Å². The molecule has 106 valence electrons. The third-order valence-electron chi connectivity index (χ3n) is 3.42. The Bertz CT molecular complexity index is 605. The molecule has 2 amide bonds. The number of hydrogen-bond acceptors (Lipinski definition) is 4. The van der Waals surface area contributed by atoms with Crippen LogP contribution in [0.15, 0.2) is 16.8 Å². The normalized spacial score (nSPS) is 17.6. The summed E-state index contributed by atoms with van der Waals surface area (Å²) >= 11 is 3.36. The molecule has 1 aliphatic carbocycles. The van der Waals surface area contributed by atoms with Gasteiger partial charge in [-0.15, -0.1) is 22.7 Å². The standard InChI is InChI=1S/C14H17N3OS2/c1-9-8-20-13(16-9)7-15-14(18)17-11-3-2-4-12-10(11)5-6-19-12/h5-6,8,11H,2-4,7H2,1H3,(H2,15,17,18). The first-order valence-electron chi connectivity index (χ1n) is 6.74. The molecule has 2 N–H and O–H groups in total. The van der Waals surface area contributed by atoms with Gasteiger partial charge in [0, 0.05) is 16.0 Å². The van der Waals surface area contributed by atoms with Crippen molar-refractivity contribution >= 4 is 28.7 Å². The average Bonchev–Trinajstić information content (AvgIpc) is 3.05. The highest BCUT2D eigenvalue weighted by Crippen LogP contribution is 2.33. The Morgan fingerprint density at radius 2 is 2.40 bits per heavy atom. The Morgan fingerprint density at radius 3 is 3.20 bits per heavy atom. The highest BCUT2D eigenvalue weighted by molar-refractivity contribution is 7.10. The number of thiophene rings is 1. The van der Waals surface area contributed by atoms with Crippen LogP contribution in [0, 0.1) is 6.92 Å². The number of thiazole rings is 1. The Hall–Kier alpha value is -1.40. The van der Waals surface area contributed by atoms with Gasteiger partial charge in [0.05, 0.1) is 12.6 Å². The average molecular weight is 307 g/mol. The van der Waals surface area contributed by atoms with Gasteiger partial charge in [0.1, 0.15) is 5.01 Å². The third-order valence-corrected chi connectivity index (χ3v) is 5.39. The lowest BCUT2D eigenvalue weighted by Gasteiger charge is -2.23. The molecule has 2 aromatic rings. The van der Waals surface area contributed by atoms with Crippen LogP contribution in [0.25, 0.3) is 0 Å². The molecule has 3 rings (SSSR count). The van der Waals surface area contributed by atoms with Gasteiger partial charge in [0.25, 0.3) is 0 Å². The van der Waals surface area contributed by atoms with Crippen LogP contribution in [-0.2, 0) is 13.0 Å². The minimum atomic E-state index is -0.109. The Morgan fingerprint density at radius 1 is 1.50 bits per heavy atom. The van der Waals surface area contributed by atoms with Crippen LogP contribution in [-0.4, -0.2) is 11.0 Å². The fourth-order valence-electron chi connectivity index (χ4n) is 2.49. The molecule has 0 saturated carbocycles. The highest BCUT2D eigenvalue weighted by atomic mass is 32.1. The number of fused-ring (bicyclic) bond motifs is 1. The lowest BCUT2D eigenvalue weighted by atomic mass is 9.94. The van der Waals surface area contributed by atoms with Gasteiger partial charge in [-0.1, -0.05) is 0 Å². The number of nitrogens with zero attached hydrogens (tertiary/aromatic N) is 1. The van der Waals surface area contributed by atoms with E-state index in [1.165, 1.54) is 10.4 Å². The lowest BCUT2D eigenvalue weighted by molar-refractivity contribution is 0.235. The quantitative estimate of drug-likeness (QED) is 0.913. The number of nitrogens with one attached hydrogen (secondary N) is 2. The molecule has 0 bridgehead atoms. The van der Waals surface area contributed by atoms with Gasteiger partial charge >= 0.3 is 6.03 Å². The van der Waals surface area contributed by atoms with Crippen molar-refractivity contribution in [3.8, 4) is 0 Å². The van der Waals surface area contributed by atoms with Crippen molar-refractivity contribution in [1.29, 1.82) is 0 Å². The van der Waals surface area contributed by atoms with Crippen LogP contribution in [0.4, 0.5) is 4.79 Å². The second-order valence-corrected chi connectivity index (χ2v) is 6.90. The van der Waals surface area contributed by atoms with Crippen LogP contribution in [0.2, 0.25) is 0 Å². The first-order chi connectivity index (χ1) is 9.72. The smallest absolute Gasteiger partial charge is 0.315 e. The van der Waals surface area contributed by atoms with Crippen LogP contribution >= 0.6 is 22.7 Å². The lowest BCUT2D eigenvalue weighted by Crippen LogP contribution is -2.38. The minimum absolute atomic E-state index is 0.109. The molecule has 0 aliphatic heterocycles. The first kappa shape index (κ1) is 13.6.